The van der Waals surface area contributed by atoms with Crippen LogP contribution in [-0.2, 0) is 4.79 Å². The lowest BCUT2D eigenvalue weighted by atomic mass is 9.90. The first-order valence-corrected chi connectivity index (χ1v) is 5.67. The molecule has 3 N–H and O–H groups in total. The van der Waals surface area contributed by atoms with Crippen LogP contribution in [-0.4, -0.2) is 17.1 Å². The number of fused-ring (bicyclic) bond motifs is 1. The maximum Gasteiger partial charge on any atom is 0.321 e. The molecule has 0 aliphatic carbocycles. The van der Waals surface area contributed by atoms with Crippen molar-refractivity contribution in [3.8, 4) is 0 Å². The molecule has 0 unspecified atom stereocenters. The predicted octanol–water partition coefficient (Wildman–Crippen LogP) is 2.49. The van der Waals surface area contributed by atoms with Crippen molar-refractivity contribution in [2.24, 2.45) is 5.73 Å². The van der Waals surface area contributed by atoms with Crippen molar-refractivity contribution in [2.45, 2.75) is 18.9 Å². The maximum absolute atomic E-state index is 13.1. The van der Waals surface area contributed by atoms with E-state index in [9.17, 15) is 9.18 Å². The van der Waals surface area contributed by atoms with Gasteiger partial charge in [-0.15, -0.1) is 0 Å². The van der Waals surface area contributed by atoms with E-state index in [1.54, 1.807) is 25.1 Å². The van der Waals surface area contributed by atoms with Crippen molar-refractivity contribution >= 4 is 16.7 Å². The lowest BCUT2D eigenvalue weighted by molar-refractivity contribution is -0.138. The highest BCUT2D eigenvalue weighted by Crippen LogP contribution is 2.27. The summed E-state index contributed by atoms with van der Waals surface area (Å²) in [5.41, 5.74) is 6.46. The van der Waals surface area contributed by atoms with E-state index in [2.05, 4.69) is 0 Å². The van der Waals surface area contributed by atoms with Gasteiger partial charge in [0.05, 0.1) is 0 Å². The summed E-state index contributed by atoms with van der Waals surface area (Å²) >= 11 is 0. The molecule has 2 atom stereocenters. The van der Waals surface area contributed by atoms with E-state index in [0.29, 0.717) is 0 Å². The predicted molar refractivity (Wildman–Crippen MR) is 67.9 cm³/mol. The van der Waals surface area contributed by atoms with Crippen LogP contribution in [0.15, 0.2) is 36.4 Å². The Morgan fingerprint density at radius 3 is 2.72 bits per heavy atom. The van der Waals surface area contributed by atoms with Gasteiger partial charge >= 0.3 is 5.97 Å². The van der Waals surface area contributed by atoms with Crippen molar-refractivity contribution in [1.29, 1.82) is 0 Å². The van der Waals surface area contributed by atoms with Crippen LogP contribution < -0.4 is 5.73 Å². The van der Waals surface area contributed by atoms with Crippen LogP contribution in [0.1, 0.15) is 18.4 Å². The Hall–Kier alpha value is -1.94. The first kappa shape index (κ1) is 12.5. The monoisotopic (exact) mass is 247 g/mol. The number of halogens is 1. The Balaban J connectivity index is 2.54. The molecule has 3 nitrogen and oxygen atoms in total. The van der Waals surface area contributed by atoms with Gasteiger partial charge in [-0.05, 0) is 28.5 Å². The fraction of sp³-hybridized carbons (Fsp3) is 0.214. The summed E-state index contributed by atoms with van der Waals surface area (Å²) in [6.45, 7) is 1.76. The number of hydrogen-bond donors (Lipinski definition) is 2. The van der Waals surface area contributed by atoms with Gasteiger partial charge in [0.25, 0.3) is 0 Å². The SMILES string of the molecule is C[C@H](c1cccc2cc(F)ccc12)[C@H](N)C(=O)O. The molecular weight excluding hydrogens is 233 g/mol. The molecule has 18 heavy (non-hydrogen) atoms. The lowest BCUT2D eigenvalue weighted by Gasteiger charge is -2.18. The number of carboxylic acid groups (broad SMARTS) is 1. The van der Waals surface area contributed by atoms with Crippen LogP contribution in [0.25, 0.3) is 10.8 Å². The van der Waals surface area contributed by atoms with Crippen LogP contribution in [0.2, 0.25) is 0 Å². The second kappa shape index (κ2) is 4.74. The molecule has 0 fully saturated rings. The van der Waals surface area contributed by atoms with Crippen LogP contribution in [0.5, 0.6) is 0 Å². The first-order chi connectivity index (χ1) is 8.50. The maximum atomic E-state index is 13.1. The van der Waals surface area contributed by atoms with Gasteiger partial charge in [-0.25, -0.2) is 4.39 Å². The third-order valence-corrected chi connectivity index (χ3v) is 3.19. The largest absolute Gasteiger partial charge is 0.480 e. The minimum atomic E-state index is -1.04. The molecule has 0 bridgehead atoms. The highest BCUT2D eigenvalue weighted by atomic mass is 19.1. The number of aliphatic carboxylic acids is 1. The quantitative estimate of drug-likeness (QED) is 0.875. The second-order valence-electron chi connectivity index (χ2n) is 4.37. The average Bonchev–Trinajstić information content (AvgIpc) is 2.35. The third kappa shape index (κ3) is 2.19. The Bertz CT molecular complexity index is 597. The Morgan fingerprint density at radius 1 is 1.33 bits per heavy atom. The summed E-state index contributed by atoms with van der Waals surface area (Å²) in [5.74, 6) is -1.69. The number of carboxylic acids is 1. The van der Waals surface area contributed by atoms with Gasteiger partial charge in [0.1, 0.15) is 11.9 Å². The standard InChI is InChI=1S/C14H14FNO2/c1-8(13(16)14(17)18)11-4-2-3-9-7-10(15)5-6-12(9)11/h2-8,13H,16H2,1H3,(H,17,18)/t8-,13+/m1/s1. The number of hydrogen-bond acceptors (Lipinski definition) is 2. The molecule has 0 aromatic heterocycles. The smallest absolute Gasteiger partial charge is 0.321 e. The van der Waals surface area contributed by atoms with Crippen LogP contribution in [0.4, 0.5) is 4.39 Å². The highest BCUT2D eigenvalue weighted by Gasteiger charge is 2.22. The molecule has 2 aromatic rings. The number of rotatable bonds is 3. The van der Waals surface area contributed by atoms with Gasteiger partial charge in [0, 0.05) is 5.92 Å². The summed E-state index contributed by atoms with van der Waals surface area (Å²) < 4.78 is 13.1. The van der Waals surface area contributed by atoms with Crippen LogP contribution in [0, 0.1) is 5.82 Å². The molecule has 0 amide bonds. The Labute approximate surface area is 104 Å². The third-order valence-electron chi connectivity index (χ3n) is 3.19. The Morgan fingerprint density at radius 2 is 2.06 bits per heavy atom. The van der Waals surface area contributed by atoms with Gasteiger partial charge in [-0.3, -0.25) is 4.79 Å². The van der Waals surface area contributed by atoms with Crippen molar-refractivity contribution in [2.75, 3.05) is 0 Å². The molecule has 2 aromatic carbocycles. The van der Waals surface area contributed by atoms with Gasteiger partial charge in [0.2, 0.25) is 0 Å². The normalized spacial score (nSPS) is 14.4. The fourth-order valence-corrected chi connectivity index (χ4v) is 2.08. The number of benzene rings is 2. The molecule has 2 rings (SSSR count). The Kier molecular flexibility index (Phi) is 3.30. The zero-order valence-electron chi connectivity index (χ0n) is 9.93. The highest BCUT2D eigenvalue weighted by molar-refractivity contribution is 5.87. The van der Waals surface area contributed by atoms with Gasteiger partial charge < -0.3 is 10.8 Å². The van der Waals surface area contributed by atoms with Gasteiger partial charge in [-0.2, -0.15) is 0 Å². The summed E-state index contributed by atoms with van der Waals surface area (Å²) in [7, 11) is 0. The first-order valence-electron chi connectivity index (χ1n) is 5.67. The van der Waals surface area contributed by atoms with E-state index >= 15 is 0 Å². The van der Waals surface area contributed by atoms with E-state index in [0.717, 1.165) is 16.3 Å². The van der Waals surface area contributed by atoms with Crippen molar-refractivity contribution in [3.63, 3.8) is 0 Å². The molecule has 0 radical (unpaired) electrons. The summed E-state index contributed by atoms with van der Waals surface area (Å²) in [6.07, 6.45) is 0. The van der Waals surface area contributed by atoms with Crippen molar-refractivity contribution in [3.05, 3.63) is 47.8 Å². The molecule has 0 aliphatic rings. The van der Waals surface area contributed by atoms with E-state index in [4.69, 9.17) is 10.8 Å². The summed E-state index contributed by atoms with van der Waals surface area (Å²) in [6, 6.07) is 8.88. The molecule has 4 heteroatoms. The molecule has 0 spiro atoms. The zero-order valence-corrected chi connectivity index (χ0v) is 9.93. The molecular formula is C14H14FNO2. The number of nitrogens with two attached hydrogens (primary N) is 1. The molecule has 0 aliphatic heterocycles. The zero-order chi connectivity index (χ0) is 13.3. The van der Waals surface area contributed by atoms with Crippen LogP contribution in [0.3, 0.4) is 0 Å². The topological polar surface area (TPSA) is 63.3 Å². The summed E-state index contributed by atoms with van der Waals surface area (Å²) in [4.78, 5) is 10.9. The van der Waals surface area contributed by atoms with E-state index in [1.807, 2.05) is 6.07 Å². The van der Waals surface area contributed by atoms with E-state index in [-0.39, 0.29) is 11.7 Å². The number of carbonyl (C=O) groups is 1. The minimum Gasteiger partial charge on any atom is -0.480 e. The van der Waals surface area contributed by atoms with Crippen molar-refractivity contribution < 1.29 is 14.3 Å². The van der Waals surface area contributed by atoms with Gasteiger partial charge in [0.15, 0.2) is 0 Å². The molecule has 94 valence electrons. The van der Waals surface area contributed by atoms with Crippen molar-refractivity contribution in [1.82, 2.24) is 0 Å². The molecule has 0 heterocycles. The minimum absolute atomic E-state index is 0.310. The fourth-order valence-electron chi connectivity index (χ4n) is 2.08. The average molecular weight is 247 g/mol. The van der Waals surface area contributed by atoms with E-state index in [1.165, 1.54) is 12.1 Å². The second-order valence-corrected chi connectivity index (χ2v) is 4.37. The summed E-state index contributed by atoms with van der Waals surface area (Å²) in [5, 5.41) is 10.5. The molecule has 0 saturated heterocycles. The lowest BCUT2D eigenvalue weighted by Crippen LogP contribution is -2.35. The van der Waals surface area contributed by atoms with Gasteiger partial charge in [-0.1, -0.05) is 31.2 Å². The van der Waals surface area contributed by atoms with Crippen LogP contribution >= 0.6 is 0 Å². The molecule has 0 saturated carbocycles. The van der Waals surface area contributed by atoms with E-state index < -0.39 is 12.0 Å².